The monoisotopic (exact) mass is 278 g/mol. The molecule has 0 atom stereocenters. The number of rotatable bonds is 8. The number of nitrogens with one attached hydrogen (secondary N) is 1. The Kier molecular flexibility index (Phi) is 7.01. The molecule has 1 aromatic rings. The summed E-state index contributed by atoms with van der Waals surface area (Å²) in [7, 11) is 4.09. The number of carbonyl (C=O) groups is 1. The Bertz CT molecular complexity index is 403. The van der Waals surface area contributed by atoms with Crippen LogP contribution in [0.15, 0.2) is 18.3 Å². The molecule has 0 aliphatic carbocycles. The van der Waals surface area contributed by atoms with Gasteiger partial charge < -0.3 is 15.1 Å². The molecular weight excluding hydrogens is 252 g/mol. The molecule has 0 spiro atoms. The number of amides is 1. The van der Waals surface area contributed by atoms with E-state index in [0.29, 0.717) is 5.56 Å². The van der Waals surface area contributed by atoms with Gasteiger partial charge in [0.2, 0.25) is 0 Å². The van der Waals surface area contributed by atoms with Gasteiger partial charge in [0, 0.05) is 25.8 Å². The van der Waals surface area contributed by atoms with Gasteiger partial charge in [-0.25, -0.2) is 4.98 Å². The molecule has 112 valence electrons. The van der Waals surface area contributed by atoms with E-state index in [4.69, 9.17) is 0 Å². The van der Waals surface area contributed by atoms with Gasteiger partial charge in [-0.15, -0.1) is 0 Å². The fourth-order valence-electron chi connectivity index (χ4n) is 1.97. The third-order valence-electron chi connectivity index (χ3n) is 3.07. The van der Waals surface area contributed by atoms with E-state index in [0.717, 1.165) is 38.4 Å². The molecule has 0 aliphatic rings. The van der Waals surface area contributed by atoms with Crippen LogP contribution in [0.5, 0.6) is 0 Å². The number of nitrogens with zero attached hydrogens (tertiary/aromatic N) is 3. The zero-order valence-electron chi connectivity index (χ0n) is 13.0. The third-order valence-corrected chi connectivity index (χ3v) is 3.07. The highest BCUT2D eigenvalue weighted by molar-refractivity contribution is 5.94. The first-order valence-electron chi connectivity index (χ1n) is 7.22. The molecule has 1 amide bonds. The van der Waals surface area contributed by atoms with Crippen molar-refractivity contribution in [3.63, 3.8) is 0 Å². The van der Waals surface area contributed by atoms with Crippen LogP contribution in [-0.4, -0.2) is 61.0 Å². The van der Waals surface area contributed by atoms with E-state index in [1.165, 1.54) is 0 Å². The molecule has 0 radical (unpaired) electrons. The predicted octanol–water partition coefficient (Wildman–Crippen LogP) is 1.93. The summed E-state index contributed by atoms with van der Waals surface area (Å²) in [4.78, 5) is 20.6. The molecule has 5 heteroatoms. The second-order valence-corrected chi connectivity index (χ2v) is 5.00. The number of carbonyl (C=O) groups excluding carboxylic acids is 1. The first-order chi connectivity index (χ1) is 9.58. The van der Waals surface area contributed by atoms with Gasteiger partial charge in [-0.05, 0) is 53.0 Å². The topological polar surface area (TPSA) is 48.5 Å². The Morgan fingerprint density at radius 3 is 2.50 bits per heavy atom. The van der Waals surface area contributed by atoms with Crippen molar-refractivity contribution in [2.24, 2.45) is 0 Å². The molecule has 5 nitrogen and oxygen atoms in total. The number of aromatic nitrogens is 1. The fourth-order valence-corrected chi connectivity index (χ4v) is 1.97. The molecule has 0 unspecified atom stereocenters. The lowest BCUT2D eigenvalue weighted by Gasteiger charge is -2.22. The van der Waals surface area contributed by atoms with E-state index in [-0.39, 0.29) is 5.91 Å². The van der Waals surface area contributed by atoms with Crippen LogP contribution in [0.4, 0.5) is 5.82 Å². The van der Waals surface area contributed by atoms with Gasteiger partial charge in [0.25, 0.3) is 5.91 Å². The minimum atomic E-state index is 0.0572. The zero-order chi connectivity index (χ0) is 15.0. The Hall–Kier alpha value is -1.62. The molecule has 0 aromatic carbocycles. The van der Waals surface area contributed by atoms with Crippen LogP contribution in [0.3, 0.4) is 0 Å². The standard InChI is InChI=1S/C15H26N4O/c1-5-16-14-9-8-13(12-17-14)15(20)19(6-2)11-7-10-18(3)4/h8-9,12H,5-7,10-11H2,1-4H3,(H,16,17). The highest BCUT2D eigenvalue weighted by atomic mass is 16.2. The van der Waals surface area contributed by atoms with Crippen molar-refractivity contribution in [3.05, 3.63) is 23.9 Å². The first-order valence-corrected chi connectivity index (χ1v) is 7.22. The van der Waals surface area contributed by atoms with Gasteiger partial charge in [0.05, 0.1) is 5.56 Å². The normalized spacial score (nSPS) is 10.7. The second kappa shape index (κ2) is 8.53. The van der Waals surface area contributed by atoms with Crippen molar-refractivity contribution in [2.75, 3.05) is 45.6 Å². The predicted molar refractivity (Wildman–Crippen MR) is 83.1 cm³/mol. The molecule has 0 bridgehead atoms. The number of anilines is 1. The number of hydrogen-bond acceptors (Lipinski definition) is 4. The maximum Gasteiger partial charge on any atom is 0.255 e. The summed E-state index contributed by atoms with van der Waals surface area (Å²) in [5.41, 5.74) is 0.651. The van der Waals surface area contributed by atoms with Gasteiger partial charge in [-0.3, -0.25) is 4.79 Å². The Morgan fingerprint density at radius 2 is 2.00 bits per heavy atom. The van der Waals surface area contributed by atoms with Crippen LogP contribution in [0.1, 0.15) is 30.6 Å². The van der Waals surface area contributed by atoms with Crippen molar-refractivity contribution >= 4 is 11.7 Å². The molecule has 1 heterocycles. The van der Waals surface area contributed by atoms with Crippen LogP contribution in [0.25, 0.3) is 0 Å². The van der Waals surface area contributed by atoms with Crippen LogP contribution in [-0.2, 0) is 0 Å². The quantitative estimate of drug-likeness (QED) is 0.789. The Morgan fingerprint density at radius 1 is 1.25 bits per heavy atom. The van der Waals surface area contributed by atoms with Crippen LogP contribution in [0, 0.1) is 0 Å². The summed E-state index contributed by atoms with van der Waals surface area (Å²) >= 11 is 0. The number of hydrogen-bond donors (Lipinski definition) is 1. The second-order valence-electron chi connectivity index (χ2n) is 5.00. The summed E-state index contributed by atoms with van der Waals surface area (Å²) in [6, 6.07) is 3.69. The lowest BCUT2D eigenvalue weighted by atomic mass is 10.2. The van der Waals surface area contributed by atoms with E-state index in [1.807, 2.05) is 45.0 Å². The molecule has 0 saturated heterocycles. The average Bonchev–Trinajstić information content (AvgIpc) is 2.44. The Labute approximate surface area is 122 Å². The molecule has 0 aliphatic heterocycles. The highest BCUT2D eigenvalue weighted by Crippen LogP contribution is 2.08. The van der Waals surface area contributed by atoms with Crippen LogP contribution >= 0.6 is 0 Å². The first kappa shape index (κ1) is 16.4. The Balaban J connectivity index is 2.60. The van der Waals surface area contributed by atoms with Gasteiger partial charge in [-0.1, -0.05) is 0 Å². The molecule has 20 heavy (non-hydrogen) atoms. The molecule has 1 aromatic heterocycles. The van der Waals surface area contributed by atoms with E-state index in [9.17, 15) is 4.79 Å². The molecule has 0 fully saturated rings. The van der Waals surface area contributed by atoms with Gasteiger partial charge in [0.15, 0.2) is 0 Å². The lowest BCUT2D eigenvalue weighted by molar-refractivity contribution is 0.0759. The maximum absolute atomic E-state index is 12.4. The van der Waals surface area contributed by atoms with E-state index in [2.05, 4.69) is 15.2 Å². The summed E-state index contributed by atoms with van der Waals surface area (Å²) in [6.07, 6.45) is 2.63. The van der Waals surface area contributed by atoms with Crippen molar-refractivity contribution in [1.29, 1.82) is 0 Å². The fraction of sp³-hybridized carbons (Fsp3) is 0.600. The summed E-state index contributed by atoms with van der Waals surface area (Å²) in [5.74, 6) is 0.863. The van der Waals surface area contributed by atoms with Crippen LogP contribution in [0.2, 0.25) is 0 Å². The molecule has 1 N–H and O–H groups in total. The zero-order valence-corrected chi connectivity index (χ0v) is 13.0. The van der Waals surface area contributed by atoms with Crippen molar-refractivity contribution in [3.8, 4) is 0 Å². The van der Waals surface area contributed by atoms with Gasteiger partial charge in [-0.2, -0.15) is 0 Å². The lowest BCUT2D eigenvalue weighted by Crippen LogP contribution is -2.33. The summed E-state index contributed by atoms with van der Waals surface area (Å²) in [6.45, 7) is 7.34. The van der Waals surface area contributed by atoms with E-state index < -0.39 is 0 Å². The highest BCUT2D eigenvalue weighted by Gasteiger charge is 2.14. The summed E-state index contributed by atoms with van der Waals surface area (Å²) in [5, 5.41) is 3.12. The molecular formula is C15H26N4O. The number of pyridine rings is 1. The maximum atomic E-state index is 12.4. The largest absolute Gasteiger partial charge is 0.370 e. The smallest absolute Gasteiger partial charge is 0.255 e. The third kappa shape index (κ3) is 5.17. The van der Waals surface area contributed by atoms with Crippen molar-refractivity contribution < 1.29 is 4.79 Å². The van der Waals surface area contributed by atoms with Crippen LogP contribution < -0.4 is 5.32 Å². The van der Waals surface area contributed by atoms with E-state index in [1.54, 1.807) is 6.20 Å². The SMILES string of the molecule is CCNc1ccc(C(=O)N(CC)CCCN(C)C)cn1. The summed E-state index contributed by atoms with van der Waals surface area (Å²) < 4.78 is 0. The minimum absolute atomic E-state index is 0.0572. The van der Waals surface area contributed by atoms with Crippen molar-refractivity contribution in [2.45, 2.75) is 20.3 Å². The molecule has 0 saturated carbocycles. The molecule has 1 rings (SSSR count). The van der Waals surface area contributed by atoms with E-state index >= 15 is 0 Å². The average molecular weight is 278 g/mol. The van der Waals surface area contributed by atoms with Gasteiger partial charge >= 0.3 is 0 Å². The minimum Gasteiger partial charge on any atom is -0.370 e. The van der Waals surface area contributed by atoms with Crippen molar-refractivity contribution in [1.82, 2.24) is 14.8 Å². The van der Waals surface area contributed by atoms with Gasteiger partial charge in [0.1, 0.15) is 5.82 Å².